The number of rotatable bonds is 2. The van der Waals surface area contributed by atoms with Crippen LogP contribution in [0.4, 0.5) is 0 Å². The topological polar surface area (TPSA) is 51.1 Å². The first-order valence-electron chi connectivity index (χ1n) is 7.23. The second kappa shape index (κ2) is 4.84. The minimum absolute atomic E-state index is 0.0837. The van der Waals surface area contributed by atoms with Crippen molar-refractivity contribution in [3.63, 3.8) is 0 Å². The van der Waals surface area contributed by atoms with E-state index in [1.165, 1.54) is 0 Å². The number of carbonyl (C=O) groups is 2. The van der Waals surface area contributed by atoms with Gasteiger partial charge in [-0.25, -0.2) is 0 Å². The van der Waals surface area contributed by atoms with Crippen LogP contribution in [-0.4, -0.2) is 22.4 Å². The highest BCUT2D eigenvalue weighted by Crippen LogP contribution is 2.23. The van der Waals surface area contributed by atoms with Crippen molar-refractivity contribution in [1.82, 2.24) is 9.88 Å². The van der Waals surface area contributed by atoms with Gasteiger partial charge >= 0.3 is 0 Å². The number of amides is 1. The van der Waals surface area contributed by atoms with Crippen LogP contribution in [0.5, 0.6) is 0 Å². The lowest BCUT2D eigenvalue weighted by Crippen LogP contribution is -2.50. The van der Waals surface area contributed by atoms with Crippen molar-refractivity contribution in [1.29, 1.82) is 0 Å². The van der Waals surface area contributed by atoms with E-state index in [9.17, 15) is 9.59 Å². The summed E-state index contributed by atoms with van der Waals surface area (Å²) in [5.74, 6) is -0.281. The maximum atomic E-state index is 12.8. The third-order valence-corrected chi connectivity index (χ3v) is 4.05. The molecule has 1 amide bonds. The number of fused-ring (bicyclic) bond motifs is 3. The summed E-state index contributed by atoms with van der Waals surface area (Å²) >= 11 is 0. The minimum atomic E-state index is -0.529. The highest BCUT2D eigenvalue weighted by molar-refractivity contribution is 6.10. The van der Waals surface area contributed by atoms with Gasteiger partial charge in [0.15, 0.2) is 0 Å². The normalized spacial score (nSPS) is 17.4. The van der Waals surface area contributed by atoms with Crippen molar-refractivity contribution in [2.45, 2.75) is 12.5 Å². The molecule has 0 aliphatic carbocycles. The first kappa shape index (κ1) is 12.8. The number of hydrogen-bond donors (Lipinski definition) is 1. The van der Waals surface area contributed by atoms with Crippen LogP contribution >= 0.6 is 0 Å². The Hall–Kier alpha value is -2.88. The van der Waals surface area contributed by atoms with E-state index in [0.717, 1.165) is 16.5 Å². The molecule has 2 aromatic carbocycles. The molecule has 0 bridgehead atoms. The molecule has 22 heavy (non-hydrogen) atoms. The molecule has 2 heterocycles. The van der Waals surface area contributed by atoms with E-state index in [4.69, 9.17) is 0 Å². The van der Waals surface area contributed by atoms with Gasteiger partial charge in [0.1, 0.15) is 11.7 Å². The van der Waals surface area contributed by atoms with Crippen LogP contribution in [-0.2, 0) is 6.42 Å². The quantitative estimate of drug-likeness (QED) is 0.789. The van der Waals surface area contributed by atoms with Crippen LogP contribution < -0.4 is 5.32 Å². The molecule has 0 fully saturated rings. The summed E-state index contributed by atoms with van der Waals surface area (Å²) in [7, 11) is 0. The summed E-state index contributed by atoms with van der Waals surface area (Å²) < 4.78 is 1.54. The van der Waals surface area contributed by atoms with Gasteiger partial charge in [-0.15, -0.1) is 0 Å². The molecule has 3 aromatic rings. The Bertz CT molecular complexity index is 880. The first-order chi connectivity index (χ1) is 10.7. The molecule has 4 heteroatoms. The van der Waals surface area contributed by atoms with E-state index in [1.807, 2.05) is 54.6 Å². The summed E-state index contributed by atoms with van der Waals surface area (Å²) in [6.07, 6.45) is 0.497. The van der Waals surface area contributed by atoms with Gasteiger partial charge in [0, 0.05) is 11.8 Å². The van der Waals surface area contributed by atoms with Gasteiger partial charge in [0.25, 0.3) is 11.8 Å². The van der Waals surface area contributed by atoms with Crippen LogP contribution in [0.3, 0.4) is 0 Å². The molecular weight excluding hydrogens is 276 g/mol. The van der Waals surface area contributed by atoms with Gasteiger partial charge in [0.05, 0.1) is 5.52 Å². The van der Waals surface area contributed by atoms with E-state index in [-0.39, 0.29) is 11.8 Å². The molecule has 1 aromatic heterocycles. The van der Waals surface area contributed by atoms with E-state index < -0.39 is 6.04 Å². The second-order valence-corrected chi connectivity index (χ2v) is 5.48. The molecule has 0 saturated heterocycles. The Labute approximate surface area is 127 Å². The monoisotopic (exact) mass is 290 g/mol. The molecule has 4 rings (SSSR count). The predicted octanol–water partition coefficient (Wildman–Crippen LogP) is 2.64. The van der Waals surface area contributed by atoms with Crippen LogP contribution in [0, 0.1) is 0 Å². The first-order valence-corrected chi connectivity index (χ1v) is 7.23. The third-order valence-electron chi connectivity index (χ3n) is 4.05. The van der Waals surface area contributed by atoms with Gasteiger partial charge in [-0.05, 0) is 17.7 Å². The van der Waals surface area contributed by atoms with Crippen LogP contribution in [0.1, 0.15) is 20.8 Å². The lowest BCUT2D eigenvalue weighted by Gasteiger charge is -2.24. The number of carbonyl (C=O) groups excluding carboxylic acids is 2. The molecule has 4 nitrogen and oxygen atoms in total. The number of nitrogens with one attached hydrogen (secondary N) is 1. The highest BCUT2D eigenvalue weighted by atomic mass is 16.2. The van der Waals surface area contributed by atoms with E-state index in [0.29, 0.717) is 12.1 Å². The largest absolute Gasteiger partial charge is 0.339 e. The predicted molar refractivity (Wildman–Crippen MR) is 84.0 cm³/mol. The Morgan fingerprint density at radius 3 is 2.50 bits per heavy atom. The average Bonchev–Trinajstić information content (AvgIpc) is 2.94. The number of benzene rings is 2. The Morgan fingerprint density at radius 1 is 0.955 bits per heavy atom. The fourth-order valence-electron chi connectivity index (χ4n) is 3.00. The van der Waals surface area contributed by atoms with Gasteiger partial charge < -0.3 is 5.32 Å². The zero-order valence-electron chi connectivity index (χ0n) is 11.8. The summed E-state index contributed by atoms with van der Waals surface area (Å²) in [5.41, 5.74) is 2.23. The molecule has 1 aliphatic heterocycles. The Balaban J connectivity index is 1.77. The summed E-state index contributed by atoms with van der Waals surface area (Å²) in [6, 6.07) is 18.5. The average molecular weight is 290 g/mol. The summed E-state index contributed by atoms with van der Waals surface area (Å²) in [6.45, 7) is 0. The SMILES string of the molecule is O=C1NC(Cc2ccccc2)C(=O)n2c1cc1ccccc12. The fourth-order valence-corrected chi connectivity index (χ4v) is 3.00. The molecule has 0 radical (unpaired) electrons. The van der Waals surface area contributed by atoms with Crippen molar-refractivity contribution < 1.29 is 9.59 Å². The van der Waals surface area contributed by atoms with Crippen LogP contribution in [0.25, 0.3) is 10.9 Å². The number of para-hydroxylation sites is 1. The van der Waals surface area contributed by atoms with E-state index >= 15 is 0 Å². The second-order valence-electron chi connectivity index (χ2n) is 5.48. The number of hydrogen-bond acceptors (Lipinski definition) is 2. The molecule has 1 aliphatic rings. The zero-order chi connectivity index (χ0) is 15.1. The Kier molecular flexibility index (Phi) is 2.82. The van der Waals surface area contributed by atoms with Crippen molar-refractivity contribution in [3.05, 3.63) is 71.9 Å². The highest BCUT2D eigenvalue weighted by Gasteiger charge is 2.33. The zero-order valence-corrected chi connectivity index (χ0v) is 11.8. The van der Waals surface area contributed by atoms with Gasteiger partial charge in [0.2, 0.25) is 0 Å². The molecule has 1 N–H and O–H groups in total. The fraction of sp³-hybridized carbons (Fsp3) is 0.111. The number of nitrogens with zero attached hydrogens (tertiary/aromatic N) is 1. The van der Waals surface area contributed by atoms with E-state index in [1.54, 1.807) is 10.6 Å². The Morgan fingerprint density at radius 2 is 1.68 bits per heavy atom. The number of aromatic nitrogens is 1. The molecule has 0 spiro atoms. The van der Waals surface area contributed by atoms with Crippen LogP contribution in [0.2, 0.25) is 0 Å². The van der Waals surface area contributed by atoms with Crippen LogP contribution in [0.15, 0.2) is 60.7 Å². The van der Waals surface area contributed by atoms with Crippen molar-refractivity contribution >= 4 is 22.7 Å². The maximum Gasteiger partial charge on any atom is 0.269 e. The van der Waals surface area contributed by atoms with Gasteiger partial charge in [-0.3, -0.25) is 14.2 Å². The molecule has 1 unspecified atom stereocenters. The minimum Gasteiger partial charge on any atom is -0.339 e. The van der Waals surface area contributed by atoms with Crippen molar-refractivity contribution in [2.75, 3.05) is 0 Å². The maximum absolute atomic E-state index is 12.8. The lowest BCUT2D eigenvalue weighted by atomic mass is 10.0. The van der Waals surface area contributed by atoms with Gasteiger partial charge in [-0.1, -0.05) is 48.5 Å². The molecular formula is C18H14N2O2. The van der Waals surface area contributed by atoms with Crippen molar-refractivity contribution in [2.24, 2.45) is 0 Å². The smallest absolute Gasteiger partial charge is 0.269 e. The summed E-state index contributed by atoms with van der Waals surface area (Å²) in [5, 5.41) is 3.73. The third kappa shape index (κ3) is 1.92. The molecule has 0 saturated carbocycles. The van der Waals surface area contributed by atoms with Crippen molar-refractivity contribution in [3.8, 4) is 0 Å². The lowest BCUT2D eigenvalue weighted by molar-refractivity contribution is 0.0756. The van der Waals surface area contributed by atoms with Gasteiger partial charge in [-0.2, -0.15) is 0 Å². The molecule has 108 valence electrons. The summed E-state index contributed by atoms with van der Waals surface area (Å²) in [4.78, 5) is 25.1. The standard InChI is InChI=1S/C18H14N2O2/c21-17-16-11-13-8-4-5-9-15(13)20(16)18(22)14(19-17)10-12-6-2-1-3-7-12/h1-9,11,14H,10H2,(H,19,21). The molecule has 1 atom stereocenters. The van der Waals surface area contributed by atoms with E-state index in [2.05, 4.69) is 5.32 Å².